The first-order valence-corrected chi connectivity index (χ1v) is 5.39. The van der Waals surface area contributed by atoms with Gasteiger partial charge in [0.25, 0.3) is 0 Å². The number of benzene rings is 2. The number of nitrogens with two attached hydrogens (primary N) is 2. The van der Waals surface area contributed by atoms with Gasteiger partial charge in [0.15, 0.2) is 0 Å². The van der Waals surface area contributed by atoms with Gasteiger partial charge < -0.3 is 16.2 Å². The van der Waals surface area contributed by atoms with Crippen LogP contribution < -0.4 is 16.2 Å². The van der Waals surface area contributed by atoms with Crippen LogP contribution in [0.3, 0.4) is 0 Å². The maximum atomic E-state index is 5.18. The molecule has 0 atom stereocenters. The monoisotopic (exact) mass is 242 g/mol. The highest BCUT2D eigenvalue weighted by molar-refractivity contribution is 5.91. The van der Waals surface area contributed by atoms with E-state index < -0.39 is 0 Å². The molecule has 0 aliphatic heterocycles. The van der Waals surface area contributed by atoms with E-state index in [2.05, 4.69) is 10.2 Å². The van der Waals surface area contributed by atoms with Gasteiger partial charge in [-0.15, -0.1) is 5.10 Å². The molecule has 0 heterocycles. The molecule has 2 rings (SSSR count). The number of methoxy groups -OCH3 is 1. The average Bonchev–Trinajstić information content (AvgIpc) is 2.37. The third kappa shape index (κ3) is 2.76. The van der Waals surface area contributed by atoms with Crippen LogP contribution in [0.5, 0.6) is 5.75 Å². The molecule has 5 heteroatoms. The number of guanidine groups is 1. The minimum atomic E-state index is -0.0585. The SMILES string of the molecule is COc1ccc2cc(/C=N/N=C(N)N)ccc2c1. The summed E-state index contributed by atoms with van der Waals surface area (Å²) in [6.45, 7) is 0. The highest BCUT2D eigenvalue weighted by atomic mass is 16.5. The van der Waals surface area contributed by atoms with Gasteiger partial charge >= 0.3 is 0 Å². The molecule has 2 aromatic rings. The molecule has 2 aromatic carbocycles. The number of nitrogens with zero attached hydrogens (tertiary/aromatic N) is 2. The third-order valence-corrected chi connectivity index (χ3v) is 2.45. The van der Waals surface area contributed by atoms with Crippen molar-refractivity contribution in [2.45, 2.75) is 0 Å². The maximum absolute atomic E-state index is 5.18. The normalized spacial score (nSPS) is 10.7. The van der Waals surface area contributed by atoms with E-state index >= 15 is 0 Å². The van der Waals surface area contributed by atoms with Gasteiger partial charge in [0.1, 0.15) is 5.75 Å². The summed E-state index contributed by atoms with van der Waals surface area (Å²) in [5.74, 6) is 0.779. The molecular weight excluding hydrogens is 228 g/mol. The van der Waals surface area contributed by atoms with Gasteiger partial charge in [-0.3, -0.25) is 0 Å². The van der Waals surface area contributed by atoms with E-state index in [0.717, 1.165) is 22.1 Å². The molecule has 0 bridgehead atoms. The van der Waals surface area contributed by atoms with Crippen molar-refractivity contribution >= 4 is 22.9 Å². The molecule has 4 N–H and O–H groups in total. The van der Waals surface area contributed by atoms with Crippen LogP contribution >= 0.6 is 0 Å². The highest BCUT2D eigenvalue weighted by Gasteiger charge is 1.97. The first kappa shape index (κ1) is 11.9. The van der Waals surface area contributed by atoms with E-state index in [-0.39, 0.29) is 5.96 Å². The van der Waals surface area contributed by atoms with Crippen LogP contribution in [-0.4, -0.2) is 19.3 Å². The molecule has 18 heavy (non-hydrogen) atoms. The van der Waals surface area contributed by atoms with Crippen LogP contribution in [0.1, 0.15) is 5.56 Å². The first-order valence-electron chi connectivity index (χ1n) is 5.39. The number of hydrogen-bond acceptors (Lipinski definition) is 3. The minimum absolute atomic E-state index is 0.0585. The Kier molecular flexibility index (Phi) is 3.43. The molecule has 92 valence electrons. The van der Waals surface area contributed by atoms with Crippen molar-refractivity contribution in [3.05, 3.63) is 42.0 Å². The van der Waals surface area contributed by atoms with E-state index in [1.165, 1.54) is 0 Å². The second kappa shape index (κ2) is 5.18. The molecule has 5 nitrogen and oxygen atoms in total. The zero-order chi connectivity index (χ0) is 13.0. The summed E-state index contributed by atoms with van der Waals surface area (Å²) in [5.41, 5.74) is 11.3. The number of rotatable bonds is 3. The average molecular weight is 242 g/mol. The van der Waals surface area contributed by atoms with Crippen molar-refractivity contribution in [2.75, 3.05) is 7.11 Å². The van der Waals surface area contributed by atoms with E-state index in [0.29, 0.717) is 0 Å². The Morgan fingerprint density at radius 3 is 2.56 bits per heavy atom. The van der Waals surface area contributed by atoms with Gasteiger partial charge in [0.2, 0.25) is 5.96 Å². The molecule has 0 radical (unpaired) electrons. The van der Waals surface area contributed by atoms with Gasteiger partial charge in [0.05, 0.1) is 13.3 Å². The fourth-order valence-corrected chi connectivity index (χ4v) is 1.61. The van der Waals surface area contributed by atoms with Crippen LogP contribution in [0.25, 0.3) is 10.8 Å². The van der Waals surface area contributed by atoms with Crippen molar-refractivity contribution < 1.29 is 4.74 Å². The summed E-state index contributed by atoms with van der Waals surface area (Å²) in [7, 11) is 1.65. The molecule has 0 amide bonds. The zero-order valence-electron chi connectivity index (χ0n) is 10.00. The third-order valence-electron chi connectivity index (χ3n) is 2.45. The van der Waals surface area contributed by atoms with Gasteiger partial charge in [-0.1, -0.05) is 18.2 Å². The molecule has 0 spiro atoms. The van der Waals surface area contributed by atoms with Gasteiger partial charge in [0, 0.05) is 0 Å². The molecule has 0 aromatic heterocycles. The first-order chi connectivity index (χ1) is 8.69. The predicted molar refractivity (Wildman–Crippen MR) is 73.9 cm³/mol. The Hall–Kier alpha value is -2.56. The summed E-state index contributed by atoms with van der Waals surface area (Å²) in [6, 6.07) is 11.8. The van der Waals surface area contributed by atoms with Crippen molar-refractivity contribution in [2.24, 2.45) is 21.7 Å². The lowest BCUT2D eigenvalue weighted by Gasteiger charge is -2.03. The number of hydrogen-bond donors (Lipinski definition) is 2. The summed E-state index contributed by atoms with van der Waals surface area (Å²) in [5, 5.41) is 9.53. The van der Waals surface area contributed by atoms with Crippen LogP contribution in [0.15, 0.2) is 46.6 Å². The van der Waals surface area contributed by atoms with E-state index in [1.807, 2.05) is 36.4 Å². The molecule has 0 saturated heterocycles. The Morgan fingerprint density at radius 2 is 1.83 bits per heavy atom. The van der Waals surface area contributed by atoms with E-state index in [1.54, 1.807) is 13.3 Å². The second-order valence-corrected chi connectivity index (χ2v) is 3.74. The topological polar surface area (TPSA) is 86.0 Å². The zero-order valence-corrected chi connectivity index (χ0v) is 10.00. The van der Waals surface area contributed by atoms with Gasteiger partial charge in [-0.2, -0.15) is 5.10 Å². The van der Waals surface area contributed by atoms with Gasteiger partial charge in [-0.25, -0.2) is 0 Å². The van der Waals surface area contributed by atoms with Crippen molar-refractivity contribution in [3.8, 4) is 5.75 Å². The summed E-state index contributed by atoms with van der Waals surface area (Å²) in [4.78, 5) is 0. The predicted octanol–water partition coefficient (Wildman–Crippen LogP) is 1.46. The van der Waals surface area contributed by atoms with Crippen LogP contribution in [0.2, 0.25) is 0 Å². The number of fused-ring (bicyclic) bond motifs is 1. The fraction of sp³-hybridized carbons (Fsp3) is 0.0769. The molecule has 0 aliphatic carbocycles. The minimum Gasteiger partial charge on any atom is -0.497 e. The summed E-state index contributed by atoms with van der Waals surface area (Å²) < 4.78 is 5.17. The Labute approximate surface area is 105 Å². The van der Waals surface area contributed by atoms with E-state index in [4.69, 9.17) is 16.2 Å². The molecule has 0 aliphatic rings. The molecule has 0 unspecified atom stereocenters. The van der Waals surface area contributed by atoms with E-state index in [9.17, 15) is 0 Å². The smallest absolute Gasteiger partial charge is 0.211 e. The lowest BCUT2D eigenvalue weighted by molar-refractivity contribution is 0.415. The lowest BCUT2D eigenvalue weighted by atomic mass is 10.1. The van der Waals surface area contributed by atoms with Crippen molar-refractivity contribution in [3.63, 3.8) is 0 Å². The lowest BCUT2D eigenvalue weighted by Crippen LogP contribution is -2.21. The second-order valence-electron chi connectivity index (χ2n) is 3.74. The Bertz CT molecular complexity index is 615. The van der Waals surface area contributed by atoms with Crippen LogP contribution in [0.4, 0.5) is 0 Å². The Balaban J connectivity index is 2.33. The summed E-state index contributed by atoms with van der Waals surface area (Å²) >= 11 is 0. The summed E-state index contributed by atoms with van der Waals surface area (Å²) in [6.07, 6.45) is 1.60. The Morgan fingerprint density at radius 1 is 1.11 bits per heavy atom. The quantitative estimate of drug-likeness (QED) is 0.485. The molecule has 0 saturated carbocycles. The largest absolute Gasteiger partial charge is 0.497 e. The van der Waals surface area contributed by atoms with Gasteiger partial charge in [-0.05, 0) is 34.5 Å². The van der Waals surface area contributed by atoms with Crippen molar-refractivity contribution in [1.29, 1.82) is 0 Å². The fourth-order valence-electron chi connectivity index (χ4n) is 1.61. The molecular formula is C13H14N4O. The molecule has 0 fully saturated rings. The standard InChI is InChI=1S/C13H14N4O/c1-18-12-5-4-10-6-9(2-3-11(10)7-12)8-16-17-13(14)15/h2-8H,1H3,(H4,14,15,17)/b16-8+. The van der Waals surface area contributed by atoms with Crippen LogP contribution in [-0.2, 0) is 0 Å². The highest BCUT2D eigenvalue weighted by Crippen LogP contribution is 2.21. The maximum Gasteiger partial charge on any atom is 0.211 e. The number of ether oxygens (including phenoxy) is 1. The van der Waals surface area contributed by atoms with Crippen molar-refractivity contribution in [1.82, 2.24) is 0 Å². The van der Waals surface area contributed by atoms with Crippen LogP contribution in [0, 0.1) is 0 Å².